The van der Waals surface area contributed by atoms with Gasteiger partial charge in [-0.25, -0.2) is 9.68 Å². The first-order valence-corrected chi connectivity index (χ1v) is 5.56. The monoisotopic (exact) mass is 263 g/mol. The first-order chi connectivity index (χ1) is 7.93. The predicted molar refractivity (Wildman–Crippen MR) is 56.9 cm³/mol. The zero-order valence-electron chi connectivity index (χ0n) is 8.89. The third-order valence-electron chi connectivity index (χ3n) is 1.30. The average Bonchev–Trinajstić information content (AvgIpc) is 2.26. The first kappa shape index (κ1) is 15.5. The van der Waals surface area contributed by atoms with Crippen LogP contribution in [0.2, 0.25) is 0 Å². The number of carbonyl (C=O) groups excluding carboxylic acids is 1. The molecule has 0 aromatic heterocycles. The van der Waals surface area contributed by atoms with Crippen LogP contribution < -0.4 is 4.89 Å². The molecule has 1 aromatic rings. The van der Waals surface area contributed by atoms with Crippen LogP contribution in [0.1, 0.15) is 6.92 Å². The Bertz CT molecular complexity index is 348. The van der Waals surface area contributed by atoms with Gasteiger partial charge in [0.15, 0.2) is 11.9 Å². The largest absolute Gasteiger partial charge is 0.692 e. The van der Waals surface area contributed by atoms with Crippen molar-refractivity contribution in [3.05, 3.63) is 30.3 Å². The summed E-state index contributed by atoms with van der Waals surface area (Å²) in [6.45, 7) is 1.30. The van der Waals surface area contributed by atoms with E-state index < -0.39 is 20.3 Å². The molecule has 0 amide bonds. The third kappa shape index (κ3) is 9.40. The van der Waals surface area contributed by atoms with E-state index >= 15 is 0 Å². The zero-order chi connectivity index (χ0) is 13.3. The Morgan fingerprint density at radius 2 is 1.76 bits per heavy atom. The number of carbonyl (C=O) groups is 1. The second kappa shape index (κ2) is 8.60. The van der Waals surface area contributed by atoms with Crippen LogP contribution in [0, 0.1) is 0 Å². The van der Waals surface area contributed by atoms with Gasteiger partial charge in [-0.15, -0.1) is 9.79 Å². The molecule has 1 unspecified atom stereocenters. The van der Waals surface area contributed by atoms with Crippen molar-refractivity contribution in [2.24, 2.45) is 0 Å². The van der Waals surface area contributed by atoms with Gasteiger partial charge in [0, 0.05) is 4.57 Å². The van der Waals surface area contributed by atoms with Crippen molar-refractivity contribution >= 4 is 14.2 Å². The summed E-state index contributed by atoms with van der Waals surface area (Å²) in [5.74, 6) is -0.402. The molecule has 94 valence electrons. The van der Waals surface area contributed by atoms with E-state index in [-0.39, 0.29) is 0 Å². The molecular weight excluding hydrogens is 251 g/mol. The first-order valence-electron chi connectivity index (χ1n) is 4.40. The molecule has 0 saturated carbocycles. The van der Waals surface area contributed by atoms with Crippen molar-refractivity contribution in [1.29, 1.82) is 0 Å². The predicted octanol–water partition coefficient (Wildman–Crippen LogP) is 0.533. The highest BCUT2D eigenvalue weighted by atomic mass is 31.1. The summed E-state index contributed by atoms with van der Waals surface area (Å²) in [6, 6.07) is 8.56. The molecule has 0 heterocycles. The SMILES string of the molecule is CC(O)C(=O)OOc1ccccc1.O=[P+](O)O. The minimum Gasteiger partial charge on any atom is -0.382 e. The molecule has 7 nitrogen and oxygen atoms in total. The summed E-state index contributed by atoms with van der Waals surface area (Å²) in [5.41, 5.74) is 0. The van der Waals surface area contributed by atoms with Crippen molar-refractivity contribution in [3.8, 4) is 5.75 Å². The van der Waals surface area contributed by atoms with E-state index in [1.807, 2.05) is 6.07 Å². The fraction of sp³-hybridized carbons (Fsp3) is 0.222. The highest BCUT2D eigenvalue weighted by Gasteiger charge is 2.11. The van der Waals surface area contributed by atoms with Gasteiger partial charge in [-0.2, -0.15) is 0 Å². The summed E-state index contributed by atoms with van der Waals surface area (Å²) in [7, 11) is -2.87. The van der Waals surface area contributed by atoms with E-state index in [1.54, 1.807) is 24.3 Å². The number of para-hydroxylation sites is 1. The van der Waals surface area contributed by atoms with Crippen LogP contribution in [0.15, 0.2) is 30.3 Å². The van der Waals surface area contributed by atoms with Crippen LogP contribution in [0.3, 0.4) is 0 Å². The van der Waals surface area contributed by atoms with Gasteiger partial charge in [0.2, 0.25) is 0 Å². The molecule has 1 atom stereocenters. The minimum absolute atomic E-state index is 0.413. The molecule has 8 heteroatoms. The molecule has 0 bridgehead atoms. The van der Waals surface area contributed by atoms with Gasteiger partial charge in [0.1, 0.15) is 0 Å². The van der Waals surface area contributed by atoms with Gasteiger partial charge < -0.3 is 5.11 Å². The fourth-order valence-electron chi connectivity index (χ4n) is 0.635. The van der Waals surface area contributed by atoms with Gasteiger partial charge in [0.25, 0.3) is 0 Å². The van der Waals surface area contributed by atoms with E-state index in [0.717, 1.165) is 0 Å². The summed E-state index contributed by atoms with van der Waals surface area (Å²) in [4.78, 5) is 33.9. The fourth-order valence-corrected chi connectivity index (χ4v) is 0.635. The van der Waals surface area contributed by atoms with Crippen molar-refractivity contribution < 1.29 is 34.0 Å². The molecule has 0 aliphatic rings. The standard InChI is InChI=1S/C9H10O4.HO3P/c1-7(10)9(11)13-12-8-5-3-2-4-6-8;1-4(2)3/h2-7,10H,1H3;(H-,1,2,3)/p+1. The van der Waals surface area contributed by atoms with Gasteiger partial charge in [0.05, 0.1) is 0 Å². The summed E-state index contributed by atoms with van der Waals surface area (Å²) < 4.78 is 8.70. The Morgan fingerprint density at radius 1 is 1.29 bits per heavy atom. The van der Waals surface area contributed by atoms with Crippen molar-refractivity contribution in [2.75, 3.05) is 0 Å². The van der Waals surface area contributed by atoms with Crippen molar-refractivity contribution in [1.82, 2.24) is 0 Å². The summed E-state index contributed by atoms with van der Waals surface area (Å²) in [5, 5.41) is 8.74. The highest BCUT2D eigenvalue weighted by Crippen LogP contribution is 2.08. The lowest BCUT2D eigenvalue weighted by Crippen LogP contribution is -2.20. The molecule has 0 fully saturated rings. The van der Waals surface area contributed by atoms with Gasteiger partial charge in [-0.3, -0.25) is 4.89 Å². The second-order valence-electron chi connectivity index (χ2n) is 2.73. The number of aliphatic hydroxyl groups is 1. The van der Waals surface area contributed by atoms with E-state index in [2.05, 4.69) is 9.78 Å². The minimum atomic E-state index is -2.87. The normalized spacial score (nSPS) is 10.6. The molecule has 0 aliphatic heterocycles. The molecule has 3 N–H and O–H groups in total. The number of rotatable bonds is 3. The lowest BCUT2D eigenvalue weighted by molar-refractivity contribution is -0.221. The summed E-state index contributed by atoms with van der Waals surface area (Å²) in [6.07, 6.45) is -1.18. The van der Waals surface area contributed by atoms with E-state index in [1.165, 1.54) is 6.92 Å². The van der Waals surface area contributed by atoms with Crippen LogP contribution in [0.4, 0.5) is 0 Å². The molecule has 17 heavy (non-hydrogen) atoms. The van der Waals surface area contributed by atoms with Crippen LogP contribution in [0.25, 0.3) is 0 Å². The maximum Gasteiger partial charge on any atom is 0.692 e. The lowest BCUT2D eigenvalue weighted by atomic mass is 10.3. The Morgan fingerprint density at radius 3 is 2.18 bits per heavy atom. The average molecular weight is 263 g/mol. The molecule has 0 saturated heterocycles. The molecule has 0 spiro atoms. The van der Waals surface area contributed by atoms with E-state index in [0.29, 0.717) is 5.75 Å². The maximum absolute atomic E-state index is 10.7. The highest BCUT2D eigenvalue weighted by molar-refractivity contribution is 7.30. The number of hydrogen-bond acceptors (Lipinski definition) is 5. The number of hydrogen-bond donors (Lipinski definition) is 3. The van der Waals surface area contributed by atoms with Crippen molar-refractivity contribution in [3.63, 3.8) is 0 Å². The molecule has 1 rings (SSSR count). The molecule has 0 aliphatic carbocycles. The topological polar surface area (TPSA) is 113 Å². The van der Waals surface area contributed by atoms with Crippen molar-refractivity contribution in [2.45, 2.75) is 13.0 Å². The second-order valence-corrected chi connectivity index (χ2v) is 3.23. The lowest BCUT2D eigenvalue weighted by Gasteiger charge is -2.04. The number of benzene rings is 1. The Kier molecular flexibility index (Phi) is 7.83. The quantitative estimate of drug-likeness (QED) is 0.414. The summed E-state index contributed by atoms with van der Waals surface area (Å²) >= 11 is 0. The molecule has 0 radical (unpaired) electrons. The Hall–Kier alpha value is -1.53. The third-order valence-corrected chi connectivity index (χ3v) is 1.30. The Labute approximate surface area is 98.1 Å². The van der Waals surface area contributed by atoms with Gasteiger partial charge >= 0.3 is 14.2 Å². The molecule has 1 aromatic carbocycles. The molecular formula is C9H12O7P+. The van der Waals surface area contributed by atoms with Crippen LogP contribution in [0.5, 0.6) is 5.75 Å². The van der Waals surface area contributed by atoms with Gasteiger partial charge in [-0.05, 0) is 19.1 Å². The van der Waals surface area contributed by atoms with Crippen LogP contribution in [-0.2, 0) is 14.2 Å². The zero-order valence-corrected chi connectivity index (χ0v) is 9.78. The van der Waals surface area contributed by atoms with E-state index in [4.69, 9.17) is 19.5 Å². The maximum atomic E-state index is 10.7. The number of aliphatic hydroxyl groups excluding tert-OH is 1. The smallest absolute Gasteiger partial charge is 0.382 e. The van der Waals surface area contributed by atoms with E-state index in [9.17, 15) is 4.79 Å². The van der Waals surface area contributed by atoms with Gasteiger partial charge in [-0.1, -0.05) is 18.2 Å². The van der Waals surface area contributed by atoms with Crippen LogP contribution >= 0.6 is 8.25 Å². The Balaban J connectivity index is 0.000000557. The van der Waals surface area contributed by atoms with Crippen LogP contribution in [-0.4, -0.2) is 27.0 Å².